The molecule has 1 atom stereocenters. The highest BCUT2D eigenvalue weighted by Crippen LogP contribution is 2.25. The van der Waals surface area contributed by atoms with Gasteiger partial charge in [0, 0.05) is 35.5 Å². The first-order valence-corrected chi connectivity index (χ1v) is 12.0. The molecule has 0 unspecified atom stereocenters. The van der Waals surface area contributed by atoms with E-state index in [0.717, 1.165) is 35.6 Å². The highest BCUT2D eigenvalue weighted by Gasteiger charge is 2.22. The van der Waals surface area contributed by atoms with Crippen molar-refractivity contribution in [3.05, 3.63) is 63.6 Å². The van der Waals surface area contributed by atoms with Gasteiger partial charge in [-0.25, -0.2) is 5.01 Å². The maximum atomic E-state index is 12.4. The number of carbonyl (C=O) groups is 1. The van der Waals surface area contributed by atoms with Gasteiger partial charge < -0.3 is 9.64 Å². The molecule has 1 amide bonds. The van der Waals surface area contributed by atoms with Crippen LogP contribution < -0.4 is 4.74 Å². The van der Waals surface area contributed by atoms with Crippen molar-refractivity contribution in [2.24, 2.45) is 5.10 Å². The topological polar surface area (TPSA) is 45.1 Å². The number of ether oxygens (including phenoxy) is 1. The first-order chi connectivity index (χ1) is 15.5. The summed E-state index contributed by atoms with van der Waals surface area (Å²) < 4.78 is 5.93. The van der Waals surface area contributed by atoms with Gasteiger partial charge in [-0.15, -0.1) is 0 Å². The van der Waals surface area contributed by atoms with Crippen LogP contribution in [-0.4, -0.2) is 47.3 Å². The molecular formula is C25H29Cl2N3O2. The minimum absolute atomic E-state index is 0.00737. The molecule has 0 aliphatic carbocycles. The Labute approximate surface area is 199 Å². The Morgan fingerprint density at radius 1 is 1.12 bits per heavy atom. The second-order valence-corrected chi connectivity index (χ2v) is 9.33. The predicted molar refractivity (Wildman–Crippen MR) is 130 cm³/mol. The van der Waals surface area contributed by atoms with Crippen molar-refractivity contribution < 1.29 is 9.53 Å². The molecule has 5 nitrogen and oxygen atoms in total. The van der Waals surface area contributed by atoms with Gasteiger partial charge in [0.1, 0.15) is 5.75 Å². The highest BCUT2D eigenvalue weighted by molar-refractivity contribution is 6.35. The molecule has 2 aliphatic rings. The van der Waals surface area contributed by atoms with Gasteiger partial charge in [-0.1, -0.05) is 29.3 Å². The molecule has 0 N–H and O–H groups in total. The zero-order chi connectivity index (χ0) is 22.5. The largest absolute Gasteiger partial charge is 0.494 e. The van der Waals surface area contributed by atoms with Crippen molar-refractivity contribution in [3.8, 4) is 5.75 Å². The third-order valence-corrected chi connectivity index (χ3v) is 6.76. The third kappa shape index (κ3) is 5.83. The van der Waals surface area contributed by atoms with Gasteiger partial charge in [-0.05, 0) is 80.3 Å². The second kappa shape index (κ2) is 10.7. The fourth-order valence-corrected chi connectivity index (χ4v) is 4.74. The van der Waals surface area contributed by atoms with E-state index in [1.807, 2.05) is 30.3 Å². The fourth-order valence-electron chi connectivity index (χ4n) is 4.27. The van der Waals surface area contributed by atoms with Crippen LogP contribution in [-0.2, 0) is 11.3 Å². The van der Waals surface area contributed by atoms with E-state index in [4.69, 9.17) is 27.9 Å². The number of amides is 1. The summed E-state index contributed by atoms with van der Waals surface area (Å²) in [6.07, 6.45) is 4.70. The molecule has 32 heavy (non-hydrogen) atoms. The van der Waals surface area contributed by atoms with Crippen LogP contribution in [0.4, 0.5) is 0 Å². The first kappa shape index (κ1) is 23.1. The van der Waals surface area contributed by atoms with Crippen LogP contribution in [0.1, 0.15) is 50.2 Å². The number of halogens is 2. The van der Waals surface area contributed by atoms with Crippen LogP contribution in [0.25, 0.3) is 0 Å². The molecule has 2 aromatic rings. The van der Waals surface area contributed by atoms with Gasteiger partial charge in [0.2, 0.25) is 5.91 Å². The Bertz CT molecular complexity index is 978. The van der Waals surface area contributed by atoms with Crippen molar-refractivity contribution >= 4 is 34.8 Å². The van der Waals surface area contributed by atoms with Crippen LogP contribution in [0.15, 0.2) is 47.6 Å². The lowest BCUT2D eigenvalue weighted by molar-refractivity contribution is -0.132. The molecule has 4 rings (SSSR count). The third-order valence-electron chi connectivity index (χ3n) is 6.18. The van der Waals surface area contributed by atoms with E-state index >= 15 is 0 Å². The van der Waals surface area contributed by atoms with E-state index in [9.17, 15) is 4.79 Å². The number of hydrogen-bond acceptors (Lipinski definition) is 4. The van der Waals surface area contributed by atoms with E-state index in [1.54, 1.807) is 12.1 Å². The molecule has 7 heteroatoms. The Kier molecular flexibility index (Phi) is 7.71. The standard InChI is InChI=1S/C25H29Cl2N3O2/c1-18-4-2-13-29(18)14-3-15-32-22-9-6-19(7-10-22)24-11-12-25(31)30(28-24)17-20-5-8-21(26)16-23(20)27/h5-10,16,18H,2-4,11-15,17H2,1H3/t18-/m1/s1. The van der Waals surface area contributed by atoms with Gasteiger partial charge in [-0.2, -0.15) is 5.10 Å². The molecule has 0 spiro atoms. The van der Waals surface area contributed by atoms with Crippen molar-refractivity contribution in [3.63, 3.8) is 0 Å². The normalized spacial score (nSPS) is 19.3. The van der Waals surface area contributed by atoms with E-state index in [1.165, 1.54) is 24.4 Å². The summed E-state index contributed by atoms with van der Waals surface area (Å²) in [4.78, 5) is 14.9. The van der Waals surface area contributed by atoms with Gasteiger partial charge in [-0.3, -0.25) is 4.79 Å². The molecule has 2 aromatic carbocycles. The van der Waals surface area contributed by atoms with E-state index in [2.05, 4.69) is 16.9 Å². The molecule has 2 aliphatic heterocycles. The minimum atomic E-state index is -0.00737. The van der Waals surface area contributed by atoms with Crippen LogP contribution in [0.3, 0.4) is 0 Å². The fraction of sp³-hybridized carbons (Fsp3) is 0.440. The van der Waals surface area contributed by atoms with Crippen molar-refractivity contribution in [2.45, 2.75) is 51.6 Å². The van der Waals surface area contributed by atoms with E-state index < -0.39 is 0 Å². The molecule has 0 bridgehead atoms. The summed E-state index contributed by atoms with van der Waals surface area (Å²) >= 11 is 12.3. The van der Waals surface area contributed by atoms with E-state index in [-0.39, 0.29) is 5.91 Å². The summed E-state index contributed by atoms with van der Waals surface area (Å²) in [6.45, 7) is 5.65. The maximum Gasteiger partial charge on any atom is 0.243 e. The number of likely N-dealkylation sites (tertiary alicyclic amines) is 1. The van der Waals surface area contributed by atoms with E-state index in [0.29, 0.717) is 42.1 Å². The Morgan fingerprint density at radius 3 is 2.66 bits per heavy atom. The summed E-state index contributed by atoms with van der Waals surface area (Å²) in [5.41, 5.74) is 2.72. The summed E-state index contributed by atoms with van der Waals surface area (Å²) in [7, 11) is 0. The molecule has 0 aromatic heterocycles. The Hall–Kier alpha value is -2.08. The van der Waals surface area contributed by atoms with Crippen LogP contribution in [0.2, 0.25) is 10.0 Å². The van der Waals surface area contributed by atoms with Crippen LogP contribution in [0, 0.1) is 0 Å². The zero-order valence-electron chi connectivity index (χ0n) is 18.4. The summed E-state index contributed by atoms with van der Waals surface area (Å²) in [6, 6.07) is 14.0. The van der Waals surface area contributed by atoms with Crippen molar-refractivity contribution in [1.29, 1.82) is 0 Å². The lowest BCUT2D eigenvalue weighted by atomic mass is 10.0. The van der Waals surface area contributed by atoms with Gasteiger partial charge in [0.15, 0.2) is 0 Å². The number of hydrogen-bond donors (Lipinski definition) is 0. The van der Waals surface area contributed by atoms with Gasteiger partial charge in [0.05, 0.1) is 18.9 Å². The van der Waals surface area contributed by atoms with Crippen LogP contribution in [0.5, 0.6) is 5.75 Å². The Balaban J connectivity index is 1.34. The smallest absolute Gasteiger partial charge is 0.243 e. The lowest BCUT2D eigenvalue weighted by Gasteiger charge is -2.24. The van der Waals surface area contributed by atoms with Crippen molar-refractivity contribution in [1.82, 2.24) is 9.91 Å². The molecule has 170 valence electrons. The number of rotatable bonds is 8. The van der Waals surface area contributed by atoms with Crippen molar-refractivity contribution in [2.75, 3.05) is 19.7 Å². The average molecular weight is 474 g/mol. The summed E-state index contributed by atoms with van der Waals surface area (Å²) in [5.74, 6) is 0.854. The number of hydrazone groups is 1. The zero-order valence-corrected chi connectivity index (χ0v) is 19.9. The molecule has 1 fully saturated rings. The monoisotopic (exact) mass is 473 g/mol. The lowest BCUT2D eigenvalue weighted by Crippen LogP contribution is -2.31. The molecule has 0 radical (unpaired) electrons. The second-order valence-electron chi connectivity index (χ2n) is 8.49. The summed E-state index contributed by atoms with van der Waals surface area (Å²) in [5, 5.41) is 7.21. The predicted octanol–water partition coefficient (Wildman–Crippen LogP) is 5.77. The molecule has 0 saturated carbocycles. The van der Waals surface area contributed by atoms with Crippen LogP contribution >= 0.6 is 23.2 Å². The number of nitrogens with zero attached hydrogens (tertiary/aromatic N) is 3. The first-order valence-electron chi connectivity index (χ1n) is 11.3. The number of carbonyl (C=O) groups excluding carboxylic acids is 1. The molecule has 1 saturated heterocycles. The quantitative estimate of drug-likeness (QED) is 0.456. The SMILES string of the molecule is C[C@@H]1CCCN1CCCOc1ccc(C2=NN(Cc3ccc(Cl)cc3Cl)C(=O)CC2)cc1. The highest BCUT2D eigenvalue weighted by atomic mass is 35.5. The number of benzene rings is 2. The van der Waals surface area contributed by atoms with Gasteiger partial charge >= 0.3 is 0 Å². The maximum absolute atomic E-state index is 12.4. The average Bonchev–Trinajstić information content (AvgIpc) is 3.20. The minimum Gasteiger partial charge on any atom is -0.494 e. The molecular weight excluding hydrogens is 445 g/mol. The van der Waals surface area contributed by atoms with Gasteiger partial charge in [0.25, 0.3) is 0 Å². The Morgan fingerprint density at radius 2 is 1.94 bits per heavy atom. The molecule has 2 heterocycles.